The number of rotatable bonds is 4. The van der Waals surface area contributed by atoms with Gasteiger partial charge in [0.05, 0.1) is 15.8 Å². The Morgan fingerprint density at radius 1 is 1.08 bits per heavy atom. The van der Waals surface area contributed by atoms with Crippen molar-refractivity contribution in [2.75, 3.05) is 18.3 Å². The van der Waals surface area contributed by atoms with E-state index in [0.29, 0.717) is 15.7 Å². The highest BCUT2D eigenvalue weighted by Crippen LogP contribution is 2.36. The smallest absolute Gasteiger partial charge is 0.231 e. The Morgan fingerprint density at radius 2 is 1.79 bits per heavy atom. The summed E-state index contributed by atoms with van der Waals surface area (Å²) in [5.41, 5.74) is 0.486. The molecule has 5 nitrogen and oxygen atoms in total. The van der Waals surface area contributed by atoms with Crippen molar-refractivity contribution in [2.24, 2.45) is 0 Å². The Kier molecular flexibility index (Phi) is 5.52. The van der Waals surface area contributed by atoms with E-state index >= 15 is 0 Å². The molecule has 0 amide bonds. The molecule has 0 unspecified atom stereocenters. The van der Waals surface area contributed by atoms with Gasteiger partial charge in [-0.1, -0.05) is 12.1 Å². The molecule has 1 aromatic rings. The van der Waals surface area contributed by atoms with Crippen LogP contribution in [-0.2, 0) is 9.59 Å². The van der Waals surface area contributed by atoms with Gasteiger partial charge in [-0.25, -0.2) is 0 Å². The lowest BCUT2D eigenvalue weighted by Crippen LogP contribution is -2.28. The van der Waals surface area contributed by atoms with Gasteiger partial charge in [0, 0.05) is 0 Å². The third-order valence-corrected chi connectivity index (χ3v) is 6.11. The lowest BCUT2D eigenvalue weighted by atomic mass is 10.1. The second kappa shape index (κ2) is 7.81. The SMILES string of the molecule is O=C([O-])C(C(=O)/C=C/c1ccc2c(c1)OCO2)=C1SCCCCS1. The molecule has 0 spiro atoms. The lowest BCUT2D eigenvalue weighted by molar-refractivity contribution is -0.298. The van der Waals surface area contributed by atoms with Crippen molar-refractivity contribution in [2.45, 2.75) is 12.8 Å². The van der Waals surface area contributed by atoms with Gasteiger partial charge in [-0.15, -0.1) is 23.5 Å². The number of ketones is 1. The first kappa shape index (κ1) is 17.0. The third kappa shape index (κ3) is 3.96. The van der Waals surface area contributed by atoms with Gasteiger partial charge in [0.15, 0.2) is 17.3 Å². The minimum Gasteiger partial charge on any atom is -0.545 e. The van der Waals surface area contributed by atoms with Crippen molar-refractivity contribution < 1.29 is 24.2 Å². The van der Waals surface area contributed by atoms with Crippen LogP contribution >= 0.6 is 23.5 Å². The van der Waals surface area contributed by atoms with Crippen LogP contribution < -0.4 is 14.6 Å². The highest BCUT2D eigenvalue weighted by atomic mass is 32.2. The lowest BCUT2D eigenvalue weighted by Gasteiger charge is -2.11. The van der Waals surface area contributed by atoms with E-state index < -0.39 is 11.8 Å². The van der Waals surface area contributed by atoms with Crippen LogP contribution in [0.5, 0.6) is 11.5 Å². The first-order valence-corrected chi connectivity index (χ1v) is 9.45. The molecule has 7 heteroatoms. The third-order valence-electron chi connectivity index (χ3n) is 3.48. The molecule has 2 heterocycles. The number of carbonyl (C=O) groups is 2. The van der Waals surface area contributed by atoms with Crippen LogP contribution in [0.2, 0.25) is 0 Å². The molecule has 0 atom stereocenters. The molecule has 2 aliphatic rings. The number of benzene rings is 1. The Balaban J connectivity index is 1.80. The first-order valence-electron chi connectivity index (χ1n) is 7.48. The summed E-state index contributed by atoms with van der Waals surface area (Å²) < 4.78 is 11.1. The predicted molar refractivity (Wildman–Crippen MR) is 92.8 cm³/mol. The summed E-state index contributed by atoms with van der Waals surface area (Å²) in [4.78, 5) is 23.8. The highest BCUT2D eigenvalue weighted by Gasteiger charge is 2.18. The zero-order valence-corrected chi connectivity index (χ0v) is 14.4. The summed E-state index contributed by atoms with van der Waals surface area (Å²) in [5.74, 6) is 0.924. The molecule has 0 saturated carbocycles. The van der Waals surface area contributed by atoms with Gasteiger partial charge < -0.3 is 19.4 Å². The molecule has 1 fully saturated rings. The van der Waals surface area contributed by atoms with Gasteiger partial charge in [0.25, 0.3) is 0 Å². The standard InChI is InChI=1S/C17H16O5S2/c18-12(15(16(19)20)17-23-7-1-2-8-24-17)5-3-11-4-6-13-14(9-11)22-10-21-13/h3-6,9H,1-2,7-8,10H2,(H,19,20)/p-1/b5-3+. The molecule has 0 aliphatic carbocycles. The average molecular weight is 363 g/mol. The molecule has 1 saturated heterocycles. The summed E-state index contributed by atoms with van der Waals surface area (Å²) in [7, 11) is 0. The van der Waals surface area contributed by atoms with Crippen LogP contribution in [0.4, 0.5) is 0 Å². The molecular weight excluding hydrogens is 348 g/mol. The second-order valence-electron chi connectivity index (χ2n) is 5.16. The van der Waals surface area contributed by atoms with Gasteiger partial charge in [-0.05, 0) is 48.1 Å². The normalized spacial score (nSPS) is 16.9. The Labute approximate surface area is 148 Å². The van der Waals surface area contributed by atoms with Crippen molar-refractivity contribution in [1.29, 1.82) is 0 Å². The van der Waals surface area contributed by atoms with E-state index in [4.69, 9.17) is 9.47 Å². The molecule has 0 N–H and O–H groups in total. The molecular formula is C17H15O5S2-. The summed E-state index contributed by atoms with van der Waals surface area (Å²) >= 11 is 2.83. The quantitative estimate of drug-likeness (QED) is 0.461. The fourth-order valence-electron chi connectivity index (χ4n) is 2.28. The molecule has 0 aromatic heterocycles. The number of carboxylic acid groups (broad SMARTS) is 1. The Hall–Kier alpha value is -1.86. The zero-order valence-electron chi connectivity index (χ0n) is 12.8. The molecule has 126 valence electrons. The molecule has 1 aromatic carbocycles. The van der Waals surface area contributed by atoms with Gasteiger partial charge >= 0.3 is 0 Å². The van der Waals surface area contributed by atoms with E-state index in [9.17, 15) is 14.7 Å². The predicted octanol–water partition coefficient (Wildman–Crippen LogP) is 2.22. The number of allylic oxidation sites excluding steroid dienone is 1. The maximum Gasteiger partial charge on any atom is 0.231 e. The van der Waals surface area contributed by atoms with Crippen molar-refractivity contribution in [1.82, 2.24) is 0 Å². The van der Waals surface area contributed by atoms with E-state index in [-0.39, 0.29) is 12.4 Å². The minimum absolute atomic E-state index is 0.177. The number of ether oxygens (including phenoxy) is 2. The fraction of sp³-hybridized carbons (Fsp3) is 0.294. The number of thioether (sulfide) groups is 2. The fourth-order valence-corrected chi connectivity index (χ4v) is 4.83. The molecule has 24 heavy (non-hydrogen) atoms. The van der Waals surface area contributed by atoms with Crippen molar-refractivity contribution in [3.63, 3.8) is 0 Å². The Bertz CT molecular complexity index is 714. The number of hydrogen-bond donors (Lipinski definition) is 0. The monoisotopic (exact) mass is 363 g/mol. The van der Waals surface area contributed by atoms with Crippen LogP contribution in [-0.4, -0.2) is 30.1 Å². The van der Waals surface area contributed by atoms with Gasteiger partial charge in [-0.2, -0.15) is 0 Å². The molecule has 2 aliphatic heterocycles. The average Bonchev–Trinajstić information content (AvgIpc) is 2.87. The first-order chi connectivity index (χ1) is 11.6. The minimum atomic E-state index is -1.42. The zero-order chi connectivity index (χ0) is 16.9. The largest absolute Gasteiger partial charge is 0.545 e. The molecule has 0 radical (unpaired) electrons. The Morgan fingerprint density at radius 3 is 2.50 bits per heavy atom. The van der Waals surface area contributed by atoms with Crippen molar-refractivity contribution in [3.8, 4) is 11.5 Å². The number of aliphatic carboxylic acids is 1. The van der Waals surface area contributed by atoms with Gasteiger partial charge in [-0.3, -0.25) is 4.79 Å². The molecule has 0 bridgehead atoms. The summed E-state index contributed by atoms with van der Waals surface area (Å²) in [6.45, 7) is 0.177. The summed E-state index contributed by atoms with van der Waals surface area (Å²) in [5, 5.41) is 11.4. The number of carboxylic acids is 1. The number of carbonyl (C=O) groups excluding carboxylic acids is 2. The molecule has 3 rings (SSSR count). The van der Waals surface area contributed by atoms with Gasteiger partial charge in [0.2, 0.25) is 6.79 Å². The van der Waals surface area contributed by atoms with E-state index in [0.717, 1.165) is 29.9 Å². The van der Waals surface area contributed by atoms with Crippen LogP contribution in [0.25, 0.3) is 6.08 Å². The van der Waals surface area contributed by atoms with Gasteiger partial charge in [0.1, 0.15) is 0 Å². The van der Waals surface area contributed by atoms with E-state index in [2.05, 4.69) is 0 Å². The second-order valence-corrected chi connectivity index (χ2v) is 7.63. The van der Waals surface area contributed by atoms with E-state index in [1.165, 1.54) is 29.6 Å². The summed E-state index contributed by atoms with van der Waals surface area (Å²) in [6, 6.07) is 5.27. The van der Waals surface area contributed by atoms with Crippen LogP contribution in [0.1, 0.15) is 18.4 Å². The maximum atomic E-state index is 12.4. The van der Waals surface area contributed by atoms with Crippen molar-refractivity contribution >= 4 is 41.4 Å². The number of hydrogen-bond acceptors (Lipinski definition) is 7. The van der Waals surface area contributed by atoms with Crippen LogP contribution in [0.15, 0.2) is 34.1 Å². The highest BCUT2D eigenvalue weighted by molar-refractivity contribution is 8.22. The topological polar surface area (TPSA) is 75.7 Å². The maximum absolute atomic E-state index is 12.4. The van der Waals surface area contributed by atoms with Crippen LogP contribution in [0, 0.1) is 0 Å². The van der Waals surface area contributed by atoms with Crippen molar-refractivity contribution in [3.05, 3.63) is 39.6 Å². The van der Waals surface area contributed by atoms with E-state index in [1.807, 2.05) is 0 Å². The van der Waals surface area contributed by atoms with E-state index in [1.54, 1.807) is 24.3 Å². The number of fused-ring (bicyclic) bond motifs is 1. The summed E-state index contributed by atoms with van der Waals surface area (Å²) in [6.07, 6.45) is 4.87. The van der Waals surface area contributed by atoms with Crippen LogP contribution in [0.3, 0.4) is 0 Å².